The van der Waals surface area contributed by atoms with E-state index in [0.29, 0.717) is 17.4 Å². The number of hydrogen-bond acceptors (Lipinski definition) is 5. The van der Waals surface area contributed by atoms with Crippen molar-refractivity contribution < 1.29 is 14.0 Å². The van der Waals surface area contributed by atoms with Gasteiger partial charge in [0, 0.05) is 36.9 Å². The van der Waals surface area contributed by atoms with E-state index >= 15 is 0 Å². The molecule has 0 unspecified atom stereocenters. The van der Waals surface area contributed by atoms with Crippen molar-refractivity contribution in [2.45, 2.75) is 18.4 Å². The summed E-state index contributed by atoms with van der Waals surface area (Å²) in [6.07, 6.45) is 5.05. The number of thiazole rings is 1. The van der Waals surface area contributed by atoms with Gasteiger partial charge in [-0.1, -0.05) is 24.3 Å². The first kappa shape index (κ1) is 22.7. The molecule has 31 heavy (non-hydrogen) atoms. The van der Waals surface area contributed by atoms with Crippen molar-refractivity contribution in [3.05, 3.63) is 77.1 Å². The number of amides is 2. The van der Waals surface area contributed by atoms with Crippen molar-refractivity contribution in [3.63, 3.8) is 0 Å². The second-order valence-corrected chi connectivity index (χ2v) is 8.45. The van der Waals surface area contributed by atoms with Crippen LogP contribution in [0.15, 0.2) is 64.9 Å². The number of rotatable bonds is 7. The standard InChI is InChI=1S/C23H22FN3O2S2/c1-16(28)27(21-7-5-4-6-20(21)24)23-25-18(15-31-23)10-13-22(29)26(2)14-17-8-11-19(30-3)12-9-17/h4-13,15H,14H2,1-3H3/b13-10+. The molecular formula is C23H22FN3O2S2. The van der Waals surface area contributed by atoms with Crippen molar-refractivity contribution in [2.75, 3.05) is 18.2 Å². The van der Waals surface area contributed by atoms with Gasteiger partial charge in [-0.25, -0.2) is 9.37 Å². The Morgan fingerprint density at radius 2 is 1.87 bits per heavy atom. The molecular weight excluding hydrogens is 433 g/mol. The molecule has 0 aliphatic carbocycles. The predicted molar refractivity (Wildman–Crippen MR) is 125 cm³/mol. The van der Waals surface area contributed by atoms with Crippen molar-refractivity contribution in [1.82, 2.24) is 9.88 Å². The van der Waals surface area contributed by atoms with Gasteiger partial charge < -0.3 is 4.90 Å². The molecule has 3 rings (SSSR count). The molecule has 0 aliphatic heterocycles. The summed E-state index contributed by atoms with van der Waals surface area (Å²) in [5.41, 5.74) is 1.71. The molecule has 0 saturated carbocycles. The first-order valence-electron chi connectivity index (χ1n) is 9.46. The molecule has 1 heterocycles. The van der Waals surface area contributed by atoms with Gasteiger partial charge in [0.1, 0.15) is 5.82 Å². The van der Waals surface area contributed by atoms with Gasteiger partial charge in [0.15, 0.2) is 5.13 Å². The van der Waals surface area contributed by atoms with Crippen molar-refractivity contribution in [3.8, 4) is 0 Å². The molecule has 3 aromatic rings. The Labute approximate surface area is 189 Å². The average molecular weight is 456 g/mol. The predicted octanol–water partition coefficient (Wildman–Crippen LogP) is 5.36. The van der Waals surface area contributed by atoms with Crippen LogP contribution < -0.4 is 4.90 Å². The number of anilines is 2. The van der Waals surface area contributed by atoms with E-state index in [4.69, 9.17) is 0 Å². The Kier molecular flexibility index (Phi) is 7.59. The summed E-state index contributed by atoms with van der Waals surface area (Å²) in [5, 5.41) is 2.06. The zero-order valence-electron chi connectivity index (χ0n) is 17.4. The number of likely N-dealkylation sites (N-methyl/N-ethyl adjacent to an activating group) is 1. The third-order valence-electron chi connectivity index (χ3n) is 4.46. The first-order valence-corrected chi connectivity index (χ1v) is 11.6. The van der Waals surface area contributed by atoms with Crippen LogP contribution in [0.25, 0.3) is 6.08 Å². The van der Waals surface area contributed by atoms with Crippen LogP contribution in [0.5, 0.6) is 0 Å². The van der Waals surface area contributed by atoms with E-state index in [1.165, 1.54) is 46.3 Å². The van der Waals surface area contributed by atoms with E-state index in [-0.39, 0.29) is 17.5 Å². The largest absolute Gasteiger partial charge is 0.338 e. The summed E-state index contributed by atoms with van der Waals surface area (Å²) >= 11 is 2.88. The third-order valence-corrected chi connectivity index (χ3v) is 6.05. The Balaban J connectivity index is 1.69. The number of aromatic nitrogens is 1. The molecule has 5 nitrogen and oxygen atoms in total. The normalized spacial score (nSPS) is 11.0. The smallest absolute Gasteiger partial charge is 0.246 e. The number of hydrogen-bond donors (Lipinski definition) is 0. The summed E-state index contributed by atoms with van der Waals surface area (Å²) < 4.78 is 14.2. The number of para-hydroxylation sites is 1. The van der Waals surface area contributed by atoms with Crippen LogP contribution in [0.1, 0.15) is 18.2 Å². The molecule has 1 aromatic heterocycles. The fraction of sp³-hybridized carbons (Fsp3) is 0.174. The molecule has 0 spiro atoms. The lowest BCUT2D eigenvalue weighted by atomic mass is 10.2. The zero-order chi connectivity index (χ0) is 22.4. The van der Waals surface area contributed by atoms with E-state index in [2.05, 4.69) is 4.98 Å². The monoisotopic (exact) mass is 455 g/mol. The zero-order valence-corrected chi connectivity index (χ0v) is 19.0. The second kappa shape index (κ2) is 10.4. The highest BCUT2D eigenvalue weighted by Crippen LogP contribution is 2.31. The fourth-order valence-corrected chi connectivity index (χ4v) is 4.12. The number of thioether (sulfide) groups is 1. The summed E-state index contributed by atoms with van der Waals surface area (Å²) in [6.45, 7) is 1.85. The summed E-state index contributed by atoms with van der Waals surface area (Å²) in [7, 11) is 1.73. The number of halogens is 1. The van der Waals surface area contributed by atoms with Crippen LogP contribution in [0, 0.1) is 5.82 Å². The molecule has 0 aliphatic rings. The van der Waals surface area contributed by atoms with Crippen molar-refractivity contribution in [2.24, 2.45) is 0 Å². The second-order valence-electron chi connectivity index (χ2n) is 6.74. The number of nitrogens with zero attached hydrogens (tertiary/aromatic N) is 3. The van der Waals surface area contributed by atoms with Crippen LogP contribution >= 0.6 is 23.1 Å². The molecule has 160 valence electrons. The molecule has 8 heteroatoms. The lowest BCUT2D eigenvalue weighted by molar-refractivity contribution is -0.125. The maximum Gasteiger partial charge on any atom is 0.246 e. The van der Waals surface area contributed by atoms with E-state index in [9.17, 15) is 14.0 Å². The lowest BCUT2D eigenvalue weighted by Gasteiger charge is -2.18. The molecule has 0 saturated heterocycles. The van der Waals surface area contributed by atoms with E-state index in [0.717, 1.165) is 5.56 Å². The number of carbonyl (C=O) groups is 2. The van der Waals surface area contributed by atoms with Gasteiger partial charge in [0.05, 0.1) is 11.4 Å². The maximum atomic E-state index is 14.2. The number of benzene rings is 2. The Bertz CT molecular complexity index is 1100. The Hall–Kier alpha value is -2.97. The first-order chi connectivity index (χ1) is 14.9. The molecule has 0 bridgehead atoms. The fourth-order valence-electron chi connectivity index (χ4n) is 2.86. The highest BCUT2D eigenvalue weighted by atomic mass is 32.2. The molecule has 0 atom stereocenters. The van der Waals surface area contributed by atoms with Gasteiger partial charge in [-0.05, 0) is 42.2 Å². The van der Waals surface area contributed by atoms with Crippen LogP contribution in [0.2, 0.25) is 0 Å². The van der Waals surface area contributed by atoms with Gasteiger partial charge >= 0.3 is 0 Å². The van der Waals surface area contributed by atoms with E-state index in [1.807, 2.05) is 30.5 Å². The van der Waals surface area contributed by atoms with Crippen LogP contribution in [0.3, 0.4) is 0 Å². The van der Waals surface area contributed by atoms with Crippen LogP contribution in [-0.2, 0) is 16.1 Å². The van der Waals surface area contributed by atoms with Crippen molar-refractivity contribution in [1.29, 1.82) is 0 Å². The van der Waals surface area contributed by atoms with Crippen molar-refractivity contribution >= 4 is 51.8 Å². The molecule has 2 amide bonds. The third kappa shape index (κ3) is 5.80. The molecule has 2 aromatic carbocycles. The average Bonchev–Trinajstić information content (AvgIpc) is 3.22. The van der Waals surface area contributed by atoms with E-state index in [1.54, 1.807) is 47.3 Å². The highest BCUT2D eigenvalue weighted by Gasteiger charge is 2.20. The van der Waals surface area contributed by atoms with Crippen LogP contribution in [-0.4, -0.2) is 35.0 Å². The van der Waals surface area contributed by atoms with Gasteiger partial charge in [-0.3, -0.25) is 14.5 Å². The molecule has 0 radical (unpaired) electrons. The molecule has 0 N–H and O–H groups in total. The molecule has 0 fully saturated rings. The minimum atomic E-state index is -0.507. The van der Waals surface area contributed by atoms with Gasteiger partial charge in [-0.2, -0.15) is 0 Å². The summed E-state index contributed by atoms with van der Waals surface area (Å²) in [6, 6.07) is 14.1. The summed E-state index contributed by atoms with van der Waals surface area (Å²) in [5.74, 6) is -1.02. The van der Waals surface area contributed by atoms with Gasteiger partial charge in [0.25, 0.3) is 0 Å². The minimum absolute atomic E-state index is 0.142. The lowest BCUT2D eigenvalue weighted by Crippen LogP contribution is -2.24. The SMILES string of the molecule is CSc1ccc(CN(C)C(=O)/C=C/c2csc(N(C(C)=O)c3ccccc3F)n2)cc1. The van der Waals surface area contributed by atoms with Gasteiger partial charge in [0.2, 0.25) is 11.8 Å². The van der Waals surface area contributed by atoms with Crippen LogP contribution in [0.4, 0.5) is 15.2 Å². The maximum absolute atomic E-state index is 14.2. The summed E-state index contributed by atoms with van der Waals surface area (Å²) in [4.78, 5) is 33.0. The highest BCUT2D eigenvalue weighted by molar-refractivity contribution is 7.98. The quantitative estimate of drug-likeness (QED) is 0.355. The van der Waals surface area contributed by atoms with Gasteiger partial charge in [-0.15, -0.1) is 23.1 Å². The Morgan fingerprint density at radius 3 is 2.52 bits per heavy atom. The minimum Gasteiger partial charge on any atom is -0.338 e. The van der Waals surface area contributed by atoms with E-state index < -0.39 is 5.82 Å². The number of carbonyl (C=O) groups excluding carboxylic acids is 2. The topological polar surface area (TPSA) is 53.5 Å². The Morgan fingerprint density at radius 1 is 1.16 bits per heavy atom.